The van der Waals surface area contributed by atoms with E-state index in [0.29, 0.717) is 0 Å². The van der Waals surface area contributed by atoms with Crippen molar-refractivity contribution in [2.24, 2.45) is 16.8 Å². The van der Waals surface area contributed by atoms with Gasteiger partial charge in [-0.3, -0.25) is 4.99 Å². The number of nitrogens with zero attached hydrogens (tertiary/aromatic N) is 4. The standard InChI is InChI=1S/C20H37N5S/c1-6-21-20(24(5)14-19-15-26-18(4)23-19)22-9-7-8-10-25-12-16(2)11-17(3)13-25/h15-17H,6-14H2,1-5H3,(H,21,22). The monoisotopic (exact) mass is 379 g/mol. The van der Waals surface area contributed by atoms with E-state index in [9.17, 15) is 0 Å². The van der Waals surface area contributed by atoms with Crippen molar-refractivity contribution >= 4 is 17.3 Å². The molecule has 1 aliphatic rings. The molecule has 0 aromatic carbocycles. The number of thiazole rings is 1. The average molecular weight is 380 g/mol. The van der Waals surface area contributed by atoms with Gasteiger partial charge in [-0.2, -0.15) is 0 Å². The summed E-state index contributed by atoms with van der Waals surface area (Å²) >= 11 is 1.71. The zero-order valence-corrected chi connectivity index (χ0v) is 18.1. The summed E-state index contributed by atoms with van der Waals surface area (Å²) in [5.74, 6) is 2.68. The van der Waals surface area contributed by atoms with Gasteiger partial charge in [-0.05, 0) is 51.5 Å². The van der Waals surface area contributed by atoms with Gasteiger partial charge in [-0.1, -0.05) is 13.8 Å². The lowest BCUT2D eigenvalue weighted by Gasteiger charge is -2.34. The van der Waals surface area contributed by atoms with Crippen LogP contribution in [0.5, 0.6) is 0 Å². The Kier molecular flexibility index (Phi) is 8.85. The van der Waals surface area contributed by atoms with Gasteiger partial charge in [0.25, 0.3) is 0 Å². The maximum Gasteiger partial charge on any atom is 0.194 e. The van der Waals surface area contributed by atoms with Gasteiger partial charge in [0.15, 0.2) is 5.96 Å². The molecule has 5 nitrogen and oxygen atoms in total. The minimum atomic E-state index is 0.805. The molecule has 1 N–H and O–H groups in total. The summed E-state index contributed by atoms with van der Waals surface area (Å²) in [5.41, 5.74) is 1.12. The number of unbranched alkanes of at least 4 members (excludes halogenated alkanes) is 1. The number of hydrogen-bond donors (Lipinski definition) is 1. The van der Waals surface area contributed by atoms with Crippen LogP contribution in [-0.2, 0) is 6.54 Å². The van der Waals surface area contributed by atoms with Crippen LogP contribution >= 0.6 is 11.3 Å². The fourth-order valence-corrected chi connectivity index (χ4v) is 4.48. The summed E-state index contributed by atoms with van der Waals surface area (Å²) in [6, 6.07) is 0. The Hall–Kier alpha value is -1.14. The highest BCUT2D eigenvalue weighted by Crippen LogP contribution is 2.21. The number of guanidine groups is 1. The molecule has 1 aliphatic heterocycles. The largest absolute Gasteiger partial charge is 0.357 e. The molecule has 0 saturated carbocycles. The molecule has 1 aromatic rings. The molecule has 2 atom stereocenters. The number of nitrogens with one attached hydrogen (secondary N) is 1. The lowest BCUT2D eigenvalue weighted by atomic mass is 9.92. The van der Waals surface area contributed by atoms with Gasteiger partial charge in [-0.15, -0.1) is 11.3 Å². The van der Waals surface area contributed by atoms with Crippen molar-refractivity contribution in [2.75, 3.05) is 39.8 Å². The first kappa shape index (κ1) is 21.2. The molecule has 1 fully saturated rings. The summed E-state index contributed by atoms with van der Waals surface area (Å²) < 4.78 is 0. The van der Waals surface area contributed by atoms with Crippen LogP contribution in [0.25, 0.3) is 0 Å². The smallest absolute Gasteiger partial charge is 0.194 e. The molecular weight excluding hydrogens is 342 g/mol. The van der Waals surface area contributed by atoms with Gasteiger partial charge >= 0.3 is 0 Å². The molecule has 0 aliphatic carbocycles. The lowest BCUT2D eigenvalue weighted by molar-refractivity contribution is 0.139. The molecule has 6 heteroatoms. The van der Waals surface area contributed by atoms with Crippen LogP contribution in [0, 0.1) is 18.8 Å². The average Bonchev–Trinajstić information content (AvgIpc) is 2.97. The topological polar surface area (TPSA) is 43.8 Å². The SMILES string of the molecule is CCNC(=NCCCCN1CC(C)CC(C)C1)N(C)Cc1csc(C)n1. The van der Waals surface area contributed by atoms with E-state index in [0.717, 1.165) is 54.6 Å². The van der Waals surface area contributed by atoms with Crippen molar-refractivity contribution in [3.8, 4) is 0 Å². The van der Waals surface area contributed by atoms with Crippen molar-refractivity contribution in [2.45, 2.75) is 53.5 Å². The molecule has 148 valence electrons. The minimum Gasteiger partial charge on any atom is -0.357 e. The van der Waals surface area contributed by atoms with E-state index < -0.39 is 0 Å². The maximum atomic E-state index is 4.82. The number of hydrogen-bond acceptors (Lipinski definition) is 4. The van der Waals surface area contributed by atoms with E-state index in [2.05, 4.69) is 60.2 Å². The number of piperidine rings is 1. The van der Waals surface area contributed by atoms with Crippen LogP contribution in [0.4, 0.5) is 0 Å². The number of aromatic nitrogens is 1. The van der Waals surface area contributed by atoms with Crippen molar-refractivity contribution < 1.29 is 0 Å². The third-order valence-corrected chi connectivity index (χ3v) is 5.67. The fourth-order valence-electron chi connectivity index (χ4n) is 3.88. The molecule has 1 aromatic heterocycles. The Morgan fingerprint density at radius 3 is 2.69 bits per heavy atom. The van der Waals surface area contributed by atoms with Crippen molar-refractivity contribution in [1.82, 2.24) is 20.1 Å². The Labute approximate surface area is 163 Å². The molecule has 2 rings (SSSR count). The van der Waals surface area contributed by atoms with Crippen LogP contribution in [0.2, 0.25) is 0 Å². The van der Waals surface area contributed by atoms with Gasteiger partial charge < -0.3 is 15.1 Å². The molecule has 0 radical (unpaired) electrons. The molecule has 26 heavy (non-hydrogen) atoms. The third-order valence-electron chi connectivity index (χ3n) is 4.85. The molecule has 2 unspecified atom stereocenters. The maximum absolute atomic E-state index is 4.82. The molecule has 0 amide bonds. The first-order valence-corrected chi connectivity index (χ1v) is 11.0. The lowest BCUT2D eigenvalue weighted by Crippen LogP contribution is -2.39. The summed E-state index contributed by atoms with van der Waals surface area (Å²) in [7, 11) is 2.09. The van der Waals surface area contributed by atoms with Gasteiger partial charge in [0.1, 0.15) is 0 Å². The number of aliphatic imine (C=N–C) groups is 1. The first-order chi connectivity index (χ1) is 12.5. The van der Waals surface area contributed by atoms with E-state index >= 15 is 0 Å². The highest BCUT2D eigenvalue weighted by atomic mass is 32.1. The summed E-state index contributed by atoms with van der Waals surface area (Å²) in [6.07, 6.45) is 3.77. The fraction of sp³-hybridized carbons (Fsp3) is 0.800. The quantitative estimate of drug-likeness (QED) is 0.426. The summed E-state index contributed by atoms with van der Waals surface area (Å²) in [5, 5.41) is 6.66. The Balaban J connectivity index is 1.73. The third kappa shape index (κ3) is 7.23. The van der Waals surface area contributed by atoms with E-state index in [1.165, 1.54) is 32.5 Å². The van der Waals surface area contributed by atoms with E-state index in [1.807, 2.05) is 0 Å². The van der Waals surface area contributed by atoms with Crippen LogP contribution in [-0.4, -0.2) is 60.5 Å². The van der Waals surface area contributed by atoms with Crippen LogP contribution in [0.15, 0.2) is 10.4 Å². The van der Waals surface area contributed by atoms with E-state index in [1.54, 1.807) is 11.3 Å². The Bertz CT molecular complexity index is 546. The molecule has 2 heterocycles. The normalized spacial score (nSPS) is 21.8. The molecule has 1 saturated heterocycles. The van der Waals surface area contributed by atoms with Gasteiger partial charge in [-0.25, -0.2) is 4.98 Å². The van der Waals surface area contributed by atoms with Gasteiger partial charge in [0.2, 0.25) is 0 Å². The summed E-state index contributed by atoms with van der Waals surface area (Å²) in [4.78, 5) is 14.2. The minimum absolute atomic E-state index is 0.805. The second kappa shape index (κ2) is 10.9. The highest BCUT2D eigenvalue weighted by Gasteiger charge is 2.20. The first-order valence-electron chi connectivity index (χ1n) is 10.1. The zero-order chi connectivity index (χ0) is 18.9. The van der Waals surface area contributed by atoms with Gasteiger partial charge in [0, 0.05) is 38.6 Å². The molecular formula is C20H37N5S. The molecule has 0 bridgehead atoms. The predicted molar refractivity (Wildman–Crippen MR) is 113 cm³/mol. The van der Waals surface area contributed by atoms with Crippen LogP contribution in [0.3, 0.4) is 0 Å². The Morgan fingerprint density at radius 2 is 2.08 bits per heavy atom. The Morgan fingerprint density at radius 1 is 1.35 bits per heavy atom. The molecule has 0 spiro atoms. The number of rotatable bonds is 8. The van der Waals surface area contributed by atoms with Crippen LogP contribution < -0.4 is 5.32 Å². The zero-order valence-electron chi connectivity index (χ0n) is 17.3. The van der Waals surface area contributed by atoms with E-state index in [-0.39, 0.29) is 0 Å². The van der Waals surface area contributed by atoms with Crippen molar-refractivity contribution in [3.63, 3.8) is 0 Å². The van der Waals surface area contributed by atoms with Crippen molar-refractivity contribution in [1.29, 1.82) is 0 Å². The summed E-state index contributed by atoms with van der Waals surface area (Å²) in [6.45, 7) is 15.3. The number of likely N-dealkylation sites (tertiary alicyclic amines) is 1. The second-order valence-corrected chi connectivity index (χ2v) is 8.92. The van der Waals surface area contributed by atoms with Gasteiger partial charge in [0.05, 0.1) is 17.2 Å². The van der Waals surface area contributed by atoms with E-state index in [4.69, 9.17) is 4.99 Å². The predicted octanol–water partition coefficient (Wildman–Crippen LogP) is 3.61. The van der Waals surface area contributed by atoms with Crippen LogP contribution in [0.1, 0.15) is 50.7 Å². The highest BCUT2D eigenvalue weighted by molar-refractivity contribution is 7.09. The second-order valence-electron chi connectivity index (χ2n) is 7.86. The number of aryl methyl sites for hydroxylation is 1. The van der Waals surface area contributed by atoms with Crippen molar-refractivity contribution in [3.05, 3.63) is 16.1 Å².